The summed E-state index contributed by atoms with van der Waals surface area (Å²) in [5, 5.41) is 3.12. The number of hydrogen-bond donors (Lipinski definition) is 2. The number of amides is 1. The van der Waals surface area contributed by atoms with Crippen molar-refractivity contribution in [3.63, 3.8) is 0 Å². The molecular formula is C15H29ClN2O2. The SMILES string of the molecule is Cl.NCC1(C(=O)NCCC2CCCCC2)CCOCC1. The number of nitrogens with two attached hydrogens (primary N) is 1. The molecule has 0 aromatic carbocycles. The molecule has 0 unspecified atom stereocenters. The summed E-state index contributed by atoms with van der Waals surface area (Å²) < 4.78 is 5.34. The molecule has 2 aliphatic rings. The zero-order valence-electron chi connectivity index (χ0n) is 12.4. The standard InChI is InChI=1S/C15H28N2O2.ClH/c16-12-15(7-10-19-11-8-15)14(18)17-9-6-13-4-2-1-3-5-13;/h13H,1-12,16H2,(H,17,18);1H. The van der Waals surface area contributed by atoms with E-state index in [-0.39, 0.29) is 23.7 Å². The van der Waals surface area contributed by atoms with E-state index >= 15 is 0 Å². The molecule has 0 aromatic heterocycles. The van der Waals surface area contributed by atoms with Crippen LogP contribution in [0.4, 0.5) is 0 Å². The fraction of sp³-hybridized carbons (Fsp3) is 0.933. The molecule has 1 aliphatic carbocycles. The van der Waals surface area contributed by atoms with Gasteiger partial charge >= 0.3 is 0 Å². The summed E-state index contributed by atoms with van der Waals surface area (Å²) >= 11 is 0. The van der Waals surface area contributed by atoms with Gasteiger partial charge in [-0.25, -0.2) is 0 Å². The average molecular weight is 305 g/mol. The van der Waals surface area contributed by atoms with Gasteiger partial charge in [-0.15, -0.1) is 12.4 Å². The van der Waals surface area contributed by atoms with Gasteiger partial charge in [0, 0.05) is 26.3 Å². The number of nitrogens with one attached hydrogen (secondary N) is 1. The van der Waals surface area contributed by atoms with Crippen molar-refractivity contribution >= 4 is 18.3 Å². The van der Waals surface area contributed by atoms with Crippen LogP contribution in [-0.2, 0) is 9.53 Å². The minimum absolute atomic E-state index is 0. The van der Waals surface area contributed by atoms with Crippen LogP contribution < -0.4 is 11.1 Å². The molecule has 1 saturated carbocycles. The first-order valence-electron chi connectivity index (χ1n) is 7.83. The van der Waals surface area contributed by atoms with Crippen LogP contribution in [0.5, 0.6) is 0 Å². The molecule has 5 heteroatoms. The van der Waals surface area contributed by atoms with Crippen molar-refractivity contribution in [3.8, 4) is 0 Å². The molecule has 3 N–H and O–H groups in total. The second-order valence-electron chi connectivity index (χ2n) is 6.15. The highest BCUT2D eigenvalue weighted by atomic mass is 35.5. The molecule has 0 bridgehead atoms. The predicted molar refractivity (Wildman–Crippen MR) is 83.0 cm³/mol. The molecule has 1 amide bonds. The largest absolute Gasteiger partial charge is 0.381 e. The summed E-state index contributed by atoms with van der Waals surface area (Å²) in [6, 6.07) is 0. The van der Waals surface area contributed by atoms with E-state index in [1.165, 1.54) is 32.1 Å². The monoisotopic (exact) mass is 304 g/mol. The van der Waals surface area contributed by atoms with Gasteiger partial charge in [0.25, 0.3) is 0 Å². The Balaban J connectivity index is 0.00000200. The van der Waals surface area contributed by atoms with E-state index in [9.17, 15) is 4.79 Å². The van der Waals surface area contributed by atoms with Gasteiger partial charge in [-0.05, 0) is 25.2 Å². The Hall–Kier alpha value is -0.320. The summed E-state index contributed by atoms with van der Waals surface area (Å²) in [5.41, 5.74) is 5.47. The van der Waals surface area contributed by atoms with Crippen molar-refractivity contribution in [2.45, 2.75) is 51.4 Å². The Morgan fingerprint density at radius 2 is 1.85 bits per heavy atom. The first kappa shape index (κ1) is 17.7. The summed E-state index contributed by atoms with van der Waals surface area (Å²) in [7, 11) is 0. The Morgan fingerprint density at radius 3 is 2.45 bits per heavy atom. The zero-order chi connectivity index (χ0) is 13.6. The van der Waals surface area contributed by atoms with Gasteiger partial charge in [0.2, 0.25) is 5.91 Å². The van der Waals surface area contributed by atoms with E-state index in [0.717, 1.165) is 31.7 Å². The Morgan fingerprint density at radius 1 is 1.20 bits per heavy atom. The first-order chi connectivity index (χ1) is 9.27. The van der Waals surface area contributed by atoms with Crippen LogP contribution in [0, 0.1) is 11.3 Å². The Kier molecular flexibility index (Phi) is 7.85. The maximum atomic E-state index is 12.3. The molecular weight excluding hydrogens is 276 g/mol. The third kappa shape index (κ3) is 4.61. The van der Waals surface area contributed by atoms with Gasteiger partial charge in [-0.3, -0.25) is 4.79 Å². The van der Waals surface area contributed by atoms with E-state index in [1.807, 2.05) is 0 Å². The first-order valence-corrected chi connectivity index (χ1v) is 7.83. The number of hydrogen-bond acceptors (Lipinski definition) is 3. The lowest BCUT2D eigenvalue weighted by Crippen LogP contribution is -2.49. The molecule has 0 radical (unpaired) electrons. The van der Waals surface area contributed by atoms with Crippen LogP contribution in [0.1, 0.15) is 51.4 Å². The van der Waals surface area contributed by atoms with Gasteiger partial charge in [-0.1, -0.05) is 32.1 Å². The normalized spacial score (nSPS) is 22.9. The summed E-state index contributed by atoms with van der Waals surface area (Å²) in [4.78, 5) is 12.3. The third-order valence-corrected chi connectivity index (χ3v) is 4.89. The fourth-order valence-electron chi connectivity index (χ4n) is 3.34. The number of halogens is 1. The minimum atomic E-state index is -0.370. The van der Waals surface area contributed by atoms with Crippen molar-refractivity contribution in [1.82, 2.24) is 5.32 Å². The lowest BCUT2D eigenvalue weighted by Gasteiger charge is -2.34. The number of ether oxygens (including phenoxy) is 1. The Bertz CT molecular complexity index is 288. The van der Waals surface area contributed by atoms with E-state index in [1.54, 1.807) is 0 Å². The third-order valence-electron chi connectivity index (χ3n) is 4.89. The van der Waals surface area contributed by atoms with E-state index in [4.69, 9.17) is 10.5 Å². The van der Waals surface area contributed by atoms with Gasteiger partial charge in [0.1, 0.15) is 0 Å². The van der Waals surface area contributed by atoms with Crippen LogP contribution in [0.15, 0.2) is 0 Å². The maximum Gasteiger partial charge on any atom is 0.227 e. The van der Waals surface area contributed by atoms with E-state index in [2.05, 4.69) is 5.32 Å². The minimum Gasteiger partial charge on any atom is -0.381 e. The second kappa shape index (κ2) is 8.85. The lowest BCUT2D eigenvalue weighted by atomic mass is 9.79. The van der Waals surface area contributed by atoms with Crippen LogP contribution in [0.25, 0.3) is 0 Å². The summed E-state index contributed by atoms with van der Waals surface area (Å²) in [6.45, 7) is 2.57. The highest BCUT2D eigenvalue weighted by molar-refractivity contribution is 5.85. The molecule has 0 spiro atoms. The second-order valence-corrected chi connectivity index (χ2v) is 6.15. The van der Waals surface area contributed by atoms with Crippen molar-refractivity contribution in [2.24, 2.45) is 17.1 Å². The summed E-state index contributed by atoms with van der Waals surface area (Å²) in [6.07, 6.45) is 9.45. The van der Waals surface area contributed by atoms with Crippen LogP contribution in [0.3, 0.4) is 0 Å². The molecule has 1 heterocycles. The van der Waals surface area contributed by atoms with Gasteiger partial charge < -0.3 is 15.8 Å². The van der Waals surface area contributed by atoms with Gasteiger partial charge in [-0.2, -0.15) is 0 Å². The number of carbonyl (C=O) groups is 1. The molecule has 2 fully saturated rings. The van der Waals surface area contributed by atoms with E-state index in [0.29, 0.717) is 19.8 Å². The lowest BCUT2D eigenvalue weighted by molar-refractivity contribution is -0.135. The zero-order valence-corrected chi connectivity index (χ0v) is 13.2. The molecule has 1 aliphatic heterocycles. The van der Waals surface area contributed by atoms with E-state index < -0.39 is 0 Å². The summed E-state index contributed by atoms with van der Waals surface area (Å²) in [5.74, 6) is 0.965. The highest BCUT2D eigenvalue weighted by Crippen LogP contribution is 2.30. The molecule has 0 atom stereocenters. The van der Waals surface area contributed by atoms with Crippen LogP contribution in [0.2, 0.25) is 0 Å². The molecule has 118 valence electrons. The van der Waals surface area contributed by atoms with Crippen molar-refractivity contribution in [3.05, 3.63) is 0 Å². The smallest absolute Gasteiger partial charge is 0.227 e. The molecule has 1 saturated heterocycles. The Labute approximate surface area is 128 Å². The van der Waals surface area contributed by atoms with Gasteiger partial charge in [0.05, 0.1) is 5.41 Å². The van der Waals surface area contributed by atoms with Crippen molar-refractivity contribution in [2.75, 3.05) is 26.3 Å². The average Bonchev–Trinajstić information content (AvgIpc) is 2.49. The molecule has 0 aromatic rings. The predicted octanol–water partition coefficient (Wildman–Crippen LogP) is 2.25. The maximum absolute atomic E-state index is 12.3. The van der Waals surface area contributed by atoms with Crippen LogP contribution in [-0.4, -0.2) is 32.2 Å². The topological polar surface area (TPSA) is 64.4 Å². The quantitative estimate of drug-likeness (QED) is 0.819. The fourth-order valence-corrected chi connectivity index (χ4v) is 3.34. The molecule has 4 nitrogen and oxygen atoms in total. The van der Waals surface area contributed by atoms with Crippen molar-refractivity contribution < 1.29 is 9.53 Å². The number of rotatable bonds is 5. The van der Waals surface area contributed by atoms with Crippen LogP contribution >= 0.6 is 12.4 Å². The van der Waals surface area contributed by atoms with Crippen molar-refractivity contribution in [1.29, 1.82) is 0 Å². The molecule has 2 rings (SSSR count). The molecule has 20 heavy (non-hydrogen) atoms. The highest BCUT2D eigenvalue weighted by Gasteiger charge is 2.38. The van der Waals surface area contributed by atoms with Gasteiger partial charge in [0.15, 0.2) is 0 Å². The number of carbonyl (C=O) groups excluding carboxylic acids is 1.